The van der Waals surface area contributed by atoms with Gasteiger partial charge in [0.05, 0.1) is 29.9 Å². The molecule has 0 bridgehead atoms. The second kappa shape index (κ2) is 7.86. The number of aliphatic hydroxyl groups is 1. The van der Waals surface area contributed by atoms with Gasteiger partial charge in [0.25, 0.3) is 6.01 Å². The molecule has 0 spiro atoms. The predicted molar refractivity (Wildman–Crippen MR) is 98.4 cm³/mol. The molecule has 10 heteroatoms. The molecule has 1 aromatic carbocycles. The first-order chi connectivity index (χ1) is 13.5. The number of aromatic amines is 1. The lowest BCUT2D eigenvalue weighted by Gasteiger charge is -2.09. The summed E-state index contributed by atoms with van der Waals surface area (Å²) in [4.78, 5) is 11.5. The Bertz CT molecular complexity index is 980. The summed E-state index contributed by atoms with van der Waals surface area (Å²) in [5, 5.41) is 12.2. The Morgan fingerprint density at radius 3 is 2.82 bits per heavy atom. The van der Waals surface area contributed by atoms with Gasteiger partial charge in [0.15, 0.2) is 5.65 Å². The molecule has 1 aliphatic heterocycles. The van der Waals surface area contributed by atoms with Gasteiger partial charge in [0.2, 0.25) is 0 Å². The number of ether oxygens (including phenoxy) is 2. The highest BCUT2D eigenvalue weighted by molar-refractivity contribution is 6.33. The summed E-state index contributed by atoms with van der Waals surface area (Å²) in [6.45, 7) is 0.179. The maximum Gasteiger partial charge on any atom is 0.296 e. The third kappa shape index (κ3) is 3.87. The molecule has 0 saturated carbocycles. The molecule has 28 heavy (non-hydrogen) atoms. The first-order valence-corrected chi connectivity index (χ1v) is 9.03. The van der Waals surface area contributed by atoms with Crippen LogP contribution in [0.25, 0.3) is 11.2 Å². The average molecular weight is 411 g/mol. The third-order valence-corrected chi connectivity index (χ3v) is 4.71. The van der Waals surface area contributed by atoms with Gasteiger partial charge in [-0.15, -0.1) is 0 Å². The minimum atomic E-state index is -0.653. The van der Waals surface area contributed by atoms with Gasteiger partial charge < -0.3 is 24.9 Å². The number of rotatable bonds is 6. The van der Waals surface area contributed by atoms with Gasteiger partial charge in [0, 0.05) is 18.5 Å². The van der Waals surface area contributed by atoms with E-state index in [0.29, 0.717) is 24.2 Å². The molecule has 0 amide bonds. The molecule has 0 aliphatic carbocycles. The number of nitrogens with one attached hydrogen (secondary N) is 2. The number of imidazole rings is 1. The molecule has 2 atom stereocenters. The Balaban J connectivity index is 1.50. The molecule has 3 heterocycles. The molecule has 1 saturated heterocycles. The van der Waals surface area contributed by atoms with Crippen LogP contribution in [0.4, 0.5) is 14.6 Å². The van der Waals surface area contributed by atoms with E-state index < -0.39 is 11.6 Å². The number of aliphatic hydroxyl groups excluding tert-OH is 1. The monoisotopic (exact) mass is 410 g/mol. The minimum Gasteiger partial charge on any atom is -0.459 e. The topological polar surface area (TPSA) is 92.3 Å². The van der Waals surface area contributed by atoms with E-state index in [-0.39, 0.29) is 47.8 Å². The van der Waals surface area contributed by atoms with Crippen molar-refractivity contribution in [1.82, 2.24) is 15.0 Å². The average Bonchev–Trinajstić information content (AvgIpc) is 3.27. The maximum atomic E-state index is 13.8. The van der Waals surface area contributed by atoms with Crippen LogP contribution >= 0.6 is 11.6 Å². The maximum absolute atomic E-state index is 13.8. The highest BCUT2D eigenvalue weighted by Gasteiger charge is 2.27. The fraction of sp³-hybridized carbons (Fsp3) is 0.333. The molecular weight excluding hydrogens is 394 g/mol. The van der Waals surface area contributed by atoms with Crippen LogP contribution in [-0.2, 0) is 11.3 Å². The van der Waals surface area contributed by atoms with Crippen molar-refractivity contribution >= 4 is 28.6 Å². The van der Waals surface area contributed by atoms with Gasteiger partial charge >= 0.3 is 0 Å². The summed E-state index contributed by atoms with van der Waals surface area (Å²) in [7, 11) is 0. The lowest BCUT2D eigenvalue weighted by Crippen LogP contribution is -2.17. The van der Waals surface area contributed by atoms with Crippen LogP contribution in [0.5, 0.6) is 6.01 Å². The second-order valence-corrected chi connectivity index (χ2v) is 6.81. The van der Waals surface area contributed by atoms with Gasteiger partial charge in [0.1, 0.15) is 23.6 Å². The number of hydrogen-bond acceptors (Lipinski definition) is 6. The van der Waals surface area contributed by atoms with Crippen molar-refractivity contribution in [3.8, 4) is 6.01 Å². The summed E-state index contributed by atoms with van der Waals surface area (Å²) < 4.78 is 38.6. The zero-order valence-electron chi connectivity index (χ0n) is 14.6. The molecule has 0 unspecified atom stereocenters. The lowest BCUT2D eigenvalue weighted by atomic mass is 10.2. The number of anilines is 1. The zero-order valence-corrected chi connectivity index (χ0v) is 15.3. The van der Waals surface area contributed by atoms with Gasteiger partial charge in [-0.05, 0) is 18.2 Å². The van der Waals surface area contributed by atoms with E-state index in [9.17, 15) is 8.78 Å². The van der Waals surface area contributed by atoms with Gasteiger partial charge in [-0.1, -0.05) is 17.7 Å². The fourth-order valence-electron chi connectivity index (χ4n) is 2.99. The van der Waals surface area contributed by atoms with Crippen LogP contribution in [-0.4, -0.2) is 45.5 Å². The van der Waals surface area contributed by atoms with Crippen molar-refractivity contribution in [1.29, 1.82) is 0 Å². The van der Waals surface area contributed by atoms with E-state index in [0.717, 1.165) is 0 Å². The largest absolute Gasteiger partial charge is 0.459 e. The number of pyridine rings is 1. The second-order valence-electron chi connectivity index (χ2n) is 6.40. The summed E-state index contributed by atoms with van der Waals surface area (Å²) in [6.07, 6.45) is 0.0919. The molecule has 0 radical (unpaired) electrons. The van der Waals surface area contributed by atoms with Crippen LogP contribution < -0.4 is 10.1 Å². The Morgan fingerprint density at radius 1 is 1.32 bits per heavy atom. The number of fused-ring (bicyclic) bond motifs is 1. The van der Waals surface area contributed by atoms with Crippen molar-refractivity contribution in [3.05, 3.63) is 46.5 Å². The van der Waals surface area contributed by atoms with Gasteiger partial charge in [-0.25, -0.2) is 13.8 Å². The molecule has 1 fully saturated rings. The van der Waals surface area contributed by atoms with Gasteiger partial charge in [-0.2, -0.15) is 4.98 Å². The smallest absolute Gasteiger partial charge is 0.296 e. The Labute approximate surface area is 163 Å². The molecular formula is C18H17ClF2N4O3. The zero-order chi connectivity index (χ0) is 19.7. The van der Waals surface area contributed by atoms with Crippen molar-refractivity contribution in [2.45, 2.75) is 25.2 Å². The molecule has 2 aromatic heterocycles. The number of H-pyrrole nitrogens is 1. The van der Waals surface area contributed by atoms with E-state index in [1.54, 1.807) is 6.07 Å². The van der Waals surface area contributed by atoms with E-state index in [1.165, 1.54) is 18.2 Å². The Hall–Kier alpha value is -2.49. The summed E-state index contributed by atoms with van der Waals surface area (Å²) >= 11 is 6.22. The Kier molecular flexibility index (Phi) is 5.29. The number of benzene rings is 1. The first-order valence-electron chi connectivity index (χ1n) is 8.65. The van der Waals surface area contributed by atoms with E-state index >= 15 is 0 Å². The van der Waals surface area contributed by atoms with Crippen LogP contribution in [0.3, 0.4) is 0 Å². The summed E-state index contributed by atoms with van der Waals surface area (Å²) in [6, 6.07) is 5.52. The van der Waals surface area contributed by atoms with Gasteiger partial charge in [-0.3, -0.25) is 0 Å². The summed E-state index contributed by atoms with van der Waals surface area (Å²) in [5.74, 6) is -1.06. The fourth-order valence-corrected chi connectivity index (χ4v) is 3.21. The van der Waals surface area contributed by atoms with E-state index in [1.807, 2.05) is 0 Å². The van der Waals surface area contributed by atoms with Crippen LogP contribution in [0.2, 0.25) is 5.02 Å². The minimum absolute atomic E-state index is 0.0607. The first kappa shape index (κ1) is 18.9. The quantitative estimate of drug-likeness (QED) is 0.578. The number of hydrogen-bond donors (Lipinski definition) is 3. The van der Waals surface area contributed by atoms with E-state index in [2.05, 4.69) is 20.3 Å². The highest BCUT2D eigenvalue weighted by Crippen LogP contribution is 2.27. The molecule has 3 N–H and O–H groups in total. The standard InChI is InChI=1S/C18H17ClF2N4O3/c19-12-5-15-17(25-18(23-15)28-10-4-9(7-26)27-8-10)24-16(12)22-6-11-13(20)2-1-3-14(11)21/h1-3,5,9-10,26H,4,6-8H2,(H2,22,23,24,25)/t9-,10-/m0/s1. The normalized spacial score (nSPS) is 19.3. The number of halogens is 3. The molecule has 4 rings (SSSR count). The summed E-state index contributed by atoms with van der Waals surface area (Å²) in [5.41, 5.74) is 0.792. The van der Waals surface area contributed by atoms with Crippen molar-refractivity contribution in [2.75, 3.05) is 18.5 Å². The lowest BCUT2D eigenvalue weighted by molar-refractivity contribution is 0.0528. The molecule has 7 nitrogen and oxygen atoms in total. The highest BCUT2D eigenvalue weighted by atomic mass is 35.5. The van der Waals surface area contributed by atoms with Crippen LogP contribution in [0, 0.1) is 11.6 Å². The van der Waals surface area contributed by atoms with Crippen LogP contribution in [0.15, 0.2) is 24.3 Å². The molecule has 3 aromatic rings. The molecule has 1 aliphatic rings. The van der Waals surface area contributed by atoms with Crippen LogP contribution in [0.1, 0.15) is 12.0 Å². The third-order valence-electron chi connectivity index (χ3n) is 4.42. The van der Waals surface area contributed by atoms with Crippen molar-refractivity contribution in [3.63, 3.8) is 0 Å². The van der Waals surface area contributed by atoms with Crippen molar-refractivity contribution < 1.29 is 23.4 Å². The Morgan fingerprint density at radius 2 is 2.11 bits per heavy atom. The molecule has 148 valence electrons. The number of nitrogens with zero attached hydrogens (tertiary/aromatic N) is 2. The predicted octanol–water partition coefficient (Wildman–Crippen LogP) is 3.03. The van der Waals surface area contributed by atoms with E-state index in [4.69, 9.17) is 26.2 Å². The SMILES string of the molecule is OC[C@@H]1C[C@H](Oc2nc3nc(NCc4c(F)cccc4F)c(Cl)cc3[nH]2)CO1. The number of aromatic nitrogens is 3. The van der Waals surface area contributed by atoms with Crippen molar-refractivity contribution in [2.24, 2.45) is 0 Å².